The van der Waals surface area contributed by atoms with Crippen LogP contribution < -0.4 is 16.6 Å². The third kappa shape index (κ3) is 4.14. The zero-order chi connectivity index (χ0) is 21.1. The minimum Gasteiger partial charge on any atom is -0.309 e. The number of anilines is 1. The van der Waals surface area contributed by atoms with Gasteiger partial charge >= 0.3 is 5.69 Å². The quantitative estimate of drug-likeness (QED) is 0.671. The first-order valence-electron chi connectivity index (χ1n) is 10.0. The summed E-state index contributed by atoms with van der Waals surface area (Å²) in [6.45, 7) is 0. The number of amides is 1. The van der Waals surface area contributed by atoms with Crippen LogP contribution in [-0.2, 0) is 4.79 Å². The first kappa shape index (κ1) is 19.9. The molecule has 0 aliphatic heterocycles. The number of pyridine rings is 2. The van der Waals surface area contributed by atoms with Crippen LogP contribution in [0.15, 0.2) is 46.4 Å². The van der Waals surface area contributed by atoms with Gasteiger partial charge in [0.15, 0.2) is 0 Å². The standard InChI is InChI=1S/C21H22FN5O3/c22-14-6-7-18(24-11-14)26-19(28)17(10-13-4-2-1-3-5-13)27-20(29)15-12-23-9-8-16(15)25-21(27)30/h6-9,11-13,17H,1-5,10H2,(H,25,30)(H,24,26,28). The Morgan fingerprint density at radius 3 is 2.73 bits per heavy atom. The highest BCUT2D eigenvalue weighted by Gasteiger charge is 2.29. The first-order chi connectivity index (χ1) is 14.5. The number of nitrogens with one attached hydrogen (secondary N) is 2. The van der Waals surface area contributed by atoms with E-state index >= 15 is 0 Å². The van der Waals surface area contributed by atoms with Gasteiger partial charge in [-0.3, -0.25) is 14.6 Å². The SMILES string of the molecule is O=C(Nc1ccc(F)cn1)C(CC1CCCCC1)n1c(=O)[nH]c2ccncc2c1=O. The van der Waals surface area contributed by atoms with Crippen molar-refractivity contribution in [1.29, 1.82) is 0 Å². The molecule has 0 radical (unpaired) electrons. The number of halogens is 1. The third-order valence-electron chi connectivity index (χ3n) is 5.61. The van der Waals surface area contributed by atoms with Gasteiger partial charge in [-0.05, 0) is 30.5 Å². The molecule has 3 aromatic rings. The van der Waals surface area contributed by atoms with Crippen molar-refractivity contribution in [2.75, 3.05) is 5.32 Å². The predicted octanol–water partition coefficient (Wildman–Crippen LogP) is 2.77. The summed E-state index contributed by atoms with van der Waals surface area (Å²) in [4.78, 5) is 49.5. The van der Waals surface area contributed by atoms with E-state index in [0.29, 0.717) is 11.9 Å². The Balaban J connectivity index is 1.74. The van der Waals surface area contributed by atoms with E-state index in [9.17, 15) is 18.8 Å². The van der Waals surface area contributed by atoms with Gasteiger partial charge in [0.05, 0.1) is 17.1 Å². The molecule has 2 N–H and O–H groups in total. The van der Waals surface area contributed by atoms with E-state index in [4.69, 9.17) is 0 Å². The molecule has 0 saturated heterocycles. The van der Waals surface area contributed by atoms with Gasteiger partial charge in [0, 0.05) is 12.4 Å². The summed E-state index contributed by atoms with van der Waals surface area (Å²) in [7, 11) is 0. The molecule has 1 atom stereocenters. The largest absolute Gasteiger partial charge is 0.329 e. The van der Waals surface area contributed by atoms with E-state index in [-0.39, 0.29) is 17.1 Å². The highest BCUT2D eigenvalue weighted by Crippen LogP contribution is 2.30. The minimum absolute atomic E-state index is 0.155. The van der Waals surface area contributed by atoms with Crippen LogP contribution in [0.4, 0.5) is 10.2 Å². The molecule has 30 heavy (non-hydrogen) atoms. The number of aromatic amines is 1. The lowest BCUT2D eigenvalue weighted by Gasteiger charge is -2.26. The average Bonchev–Trinajstić information content (AvgIpc) is 2.75. The van der Waals surface area contributed by atoms with Gasteiger partial charge in [-0.15, -0.1) is 0 Å². The van der Waals surface area contributed by atoms with E-state index in [2.05, 4.69) is 20.3 Å². The Morgan fingerprint density at radius 2 is 2.00 bits per heavy atom. The second-order valence-electron chi connectivity index (χ2n) is 7.63. The van der Waals surface area contributed by atoms with Crippen molar-refractivity contribution < 1.29 is 9.18 Å². The van der Waals surface area contributed by atoms with Crippen LogP contribution in [0.3, 0.4) is 0 Å². The molecule has 3 heterocycles. The number of aromatic nitrogens is 4. The maximum Gasteiger partial charge on any atom is 0.329 e. The lowest BCUT2D eigenvalue weighted by atomic mass is 9.84. The number of rotatable bonds is 5. The molecule has 1 aliphatic carbocycles. The van der Waals surface area contributed by atoms with Crippen LogP contribution >= 0.6 is 0 Å². The molecular weight excluding hydrogens is 389 g/mol. The molecule has 9 heteroatoms. The fraction of sp³-hybridized carbons (Fsp3) is 0.381. The number of carbonyl (C=O) groups is 1. The van der Waals surface area contributed by atoms with Crippen LogP contribution in [-0.4, -0.2) is 25.4 Å². The van der Waals surface area contributed by atoms with E-state index < -0.39 is 29.0 Å². The van der Waals surface area contributed by atoms with Crippen molar-refractivity contribution in [3.05, 3.63) is 63.4 Å². The van der Waals surface area contributed by atoms with Gasteiger partial charge in [-0.25, -0.2) is 18.7 Å². The van der Waals surface area contributed by atoms with Gasteiger partial charge in [-0.1, -0.05) is 32.1 Å². The number of carbonyl (C=O) groups excluding carboxylic acids is 1. The van der Waals surface area contributed by atoms with Crippen LogP contribution in [0.1, 0.15) is 44.6 Å². The molecule has 1 fully saturated rings. The summed E-state index contributed by atoms with van der Waals surface area (Å²) in [6.07, 6.45) is 9.37. The first-order valence-corrected chi connectivity index (χ1v) is 10.0. The lowest BCUT2D eigenvalue weighted by molar-refractivity contribution is -0.120. The predicted molar refractivity (Wildman–Crippen MR) is 110 cm³/mol. The van der Waals surface area contributed by atoms with E-state index in [1.807, 2.05) is 0 Å². The van der Waals surface area contributed by atoms with Crippen LogP contribution in [0.25, 0.3) is 10.9 Å². The normalized spacial score (nSPS) is 15.8. The molecule has 0 bridgehead atoms. The second-order valence-corrected chi connectivity index (χ2v) is 7.63. The van der Waals surface area contributed by atoms with Crippen LogP contribution in [0, 0.1) is 11.7 Å². The van der Waals surface area contributed by atoms with Crippen molar-refractivity contribution in [3.63, 3.8) is 0 Å². The second kappa shape index (κ2) is 8.56. The molecule has 0 aromatic carbocycles. The molecule has 4 rings (SSSR count). The van der Waals surface area contributed by atoms with Gasteiger partial charge in [0.25, 0.3) is 5.56 Å². The van der Waals surface area contributed by atoms with Crippen molar-refractivity contribution >= 4 is 22.6 Å². The molecule has 156 valence electrons. The lowest BCUT2D eigenvalue weighted by Crippen LogP contribution is -2.43. The smallest absolute Gasteiger partial charge is 0.309 e. The fourth-order valence-corrected chi connectivity index (χ4v) is 4.08. The zero-order valence-electron chi connectivity index (χ0n) is 16.3. The Morgan fingerprint density at radius 1 is 1.20 bits per heavy atom. The number of H-pyrrole nitrogens is 1. The van der Waals surface area contributed by atoms with Gasteiger partial charge in [0.2, 0.25) is 5.91 Å². The highest BCUT2D eigenvalue weighted by atomic mass is 19.1. The van der Waals surface area contributed by atoms with E-state index in [0.717, 1.165) is 42.9 Å². The zero-order valence-corrected chi connectivity index (χ0v) is 16.3. The summed E-state index contributed by atoms with van der Waals surface area (Å²) in [5.74, 6) is -0.675. The Kier molecular flexibility index (Phi) is 5.69. The fourth-order valence-electron chi connectivity index (χ4n) is 4.08. The Bertz CT molecular complexity index is 1170. The maximum absolute atomic E-state index is 13.1. The average molecular weight is 411 g/mol. The van der Waals surface area contributed by atoms with Crippen molar-refractivity contribution in [2.24, 2.45) is 5.92 Å². The molecule has 1 unspecified atom stereocenters. The Labute approximate surface area is 171 Å². The molecule has 1 amide bonds. The van der Waals surface area contributed by atoms with Gasteiger partial charge < -0.3 is 10.3 Å². The minimum atomic E-state index is -1.01. The van der Waals surface area contributed by atoms with Crippen LogP contribution in [0.2, 0.25) is 0 Å². The molecule has 8 nitrogen and oxygen atoms in total. The van der Waals surface area contributed by atoms with E-state index in [1.54, 1.807) is 6.07 Å². The van der Waals surface area contributed by atoms with E-state index in [1.165, 1.54) is 24.5 Å². The van der Waals surface area contributed by atoms with Crippen molar-refractivity contribution in [1.82, 2.24) is 19.5 Å². The summed E-state index contributed by atoms with van der Waals surface area (Å²) in [6, 6.07) is 3.05. The summed E-state index contributed by atoms with van der Waals surface area (Å²) in [5, 5.41) is 2.85. The molecule has 1 saturated carbocycles. The molecule has 3 aromatic heterocycles. The summed E-state index contributed by atoms with van der Waals surface area (Å²) < 4.78 is 14.1. The van der Waals surface area contributed by atoms with Crippen molar-refractivity contribution in [2.45, 2.75) is 44.6 Å². The summed E-state index contributed by atoms with van der Waals surface area (Å²) in [5.41, 5.74) is -0.847. The number of hydrogen-bond acceptors (Lipinski definition) is 5. The molecule has 0 spiro atoms. The number of nitrogens with zero attached hydrogens (tertiary/aromatic N) is 3. The monoisotopic (exact) mass is 411 g/mol. The van der Waals surface area contributed by atoms with Gasteiger partial charge in [0.1, 0.15) is 17.7 Å². The third-order valence-corrected chi connectivity index (χ3v) is 5.61. The van der Waals surface area contributed by atoms with Gasteiger partial charge in [-0.2, -0.15) is 0 Å². The maximum atomic E-state index is 13.1. The molecular formula is C21H22FN5O3. The number of fused-ring (bicyclic) bond motifs is 1. The Hall–Kier alpha value is -3.36. The number of hydrogen-bond donors (Lipinski definition) is 2. The van der Waals surface area contributed by atoms with Crippen LogP contribution in [0.5, 0.6) is 0 Å². The molecule has 1 aliphatic rings. The van der Waals surface area contributed by atoms with Crippen molar-refractivity contribution in [3.8, 4) is 0 Å². The highest BCUT2D eigenvalue weighted by molar-refractivity contribution is 5.93. The summed E-state index contributed by atoms with van der Waals surface area (Å²) >= 11 is 0. The topological polar surface area (TPSA) is 110 Å².